The fourth-order valence-corrected chi connectivity index (χ4v) is 4.80. The first-order valence-electron chi connectivity index (χ1n) is 11.9. The van der Waals surface area contributed by atoms with Gasteiger partial charge in [0.2, 0.25) is 0 Å². The van der Waals surface area contributed by atoms with Gasteiger partial charge in [-0.15, -0.1) is 0 Å². The van der Waals surface area contributed by atoms with E-state index < -0.39 is 5.56 Å². The summed E-state index contributed by atoms with van der Waals surface area (Å²) in [5, 5.41) is 0. The molecule has 0 unspecified atom stereocenters. The predicted octanol–water partition coefficient (Wildman–Crippen LogP) is 3.94. The maximum atomic E-state index is 13.5. The number of hydrogen-bond acceptors (Lipinski definition) is 5. The molecule has 1 aliphatic rings. The molecule has 1 amide bonds. The van der Waals surface area contributed by atoms with Gasteiger partial charge in [0, 0.05) is 24.8 Å². The monoisotopic (exact) mass is 468 g/mol. The van der Waals surface area contributed by atoms with Crippen LogP contribution in [0.5, 0.6) is 5.75 Å². The van der Waals surface area contributed by atoms with Crippen LogP contribution in [0, 0.1) is 5.92 Å². The van der Waals surface area contributed by atoms with Gasteiger partial charge >= 0.3 is 0 Å². The van der Waals surface area contributed by atoms with E-state index >= 15 is 0 Å². The highest BCUT2D eigenvalue weighted by Gasteiger charge is 2.28. The van der Waals surface area contributed by atoms with Crippen molar-refractivity contribution in [3.8, 4) is 5.75 Å². The molecule has 3 heterocycles. The van der Waals surface area contributed by atoms with Crippen LogP contribution in [0.25, 0.3) is 11.2 Å². The second-order valence-corrected chi connectivity index (χ2v) is 8.93. The fraction of sp³-hybridized carbons (Fsp3) is 0.286. The van der Waals surface area contributed by atoms with Crippen LogP contribution in [-0.4, -0.2) is 45.5 Å². The molecule has 178 valence electrons. The number of benzene rings is 2. The number of methoxy groups -OCH3 is 1. The molecule has 0 aliphatic carbocycles. The molecule has 2 aromatic heterocycles. The number of piperidine rings is 1. The zero-order valence-corrected chi connectivity index (χ0v) is 19.8. The Kier molecular flexibility index (Phi) is 6.57. The second kappa shape index (κ2) is 10.1. The van der Waals surface area contributed by atoms with Crippen molar-refractivity contribution in [1.29, 1.82) is 0 Å². The molecule has 1 fully saturated rings. The lowest BCUT2D eigenvalue weighted by atomic mass is 9.90. The summed E-state index contributed by atoms with van der Waals surface area (Å²) in [6.45, 7) is 1.47. The van der Waals surface area contributed by atoms with Gasteiger partial charge in [-0.3, -0.25) is 14.2 Å². The van der Waals surface area contributed by atoms with Gasteiger partial charge in [0.05, 0.1) is 13.7 Å². The maximum absolute atomic E-state index is 13.5. The number of aromatic nitrogens is 3. The van der Waals surface area contributed by atoms with Crippen LogP contribution in [0.1, 0.15) is 34.5 Å². The van der Waals surface area contributed by atoms with Gasteiger partial charge < -0.3 is 9.64 Å². The van der Waals surface area contributed by atoms with Crippen LogP contribution in [0.4, 0.5) is 0 Å². The lowest BCUT2D eigenvalue weighted by molar-refractivity contribution is 0.0682. The van der Waals surface area contributed by atoms with Gasteiger partial charge in [-0.25, -0.2) is 9.97 Å². The highest BCUT2D eigenvalue weighted by atomic mass is 16.5. The number of hydrogen-bond donors (Lipinski definition) is 0. The Bertz CT molecular complexity index is 1390. The predicted molar refractivity (Wildman–Crippen MR) is 135 cm³/mol. The van der Waals surface area contributed by atoms with Gasteiger partial charge in [-0.05, 0) is 48.9 Å². The van der Waals surface area contributed by atoms with Crippen LogP contribution in [0.15, 0.2) is 77.7 Å². The first-order valence-corrected chi connectivity index (χ1v) is 11.9. The lowest BCUT2D eigenvalue weighted by Crippen LogP contribution is -2.42. The van der Waals surface area contributed by atoms with Crippen molar-refractivity contribution in [1.82, 2.24) is 19.4 Å². The number of rotatable bonds is 6. The summed E-state index contributed by atoms with van der Waals surface area (Å²) in [7, 11) is 1.60. The molecular formula is C28H28N4O3. The summed E-state index contributed by atoms with van der Waals surface area (Å²) in [5.41, 5.74) is 2.63. The summed E-state index contributed by atoms with van der Waals surface area (Å²) in [6.07, 6.45) is 4.45. The molecule has 4 aromatic rings. The number of likely N-dealkylation sites (tertiary alicyclic amines) is 1. The molecule has 7 nitrogen and oxygen atoms in total. The molecule has 0 radical (unpaired) electrons. The van der Waals surface area contributed by atoms with Crippen LogP contribution < -0.4 is 10.3 Å². The molecule has 2 aromatic carbocycles. The number of carbonyl (C=O) groups is 1. The van der Waals surface area contributed by atoms with Gasteiger partial charge in [-0.2, -0.15) is 0 Å². The van der Waals surface area contributed by atoms with E-state index in [-0.39, 0.29) is 18.1 Å². The highest BCUT2D eigenvalue weighted by Crippen LogP contribution is 2.23. The van der Waals surface area contributed by atoms with Crippen molar-refractivity contribution in [2.24, 2.45) is 5.92 Å². The SMILES string of the molecule is COc1ccccc1Cn1c(=O)c(C(=O)N2CCC(Cc3ccccc3)CC2)nc2cccnc21. The van der Waals surface area contributed by atoms with Crippen LogP contribution in [0.3, 0.4) is 0 Å². The number of ether oxygens (including phenoxy) is 1. The van der Waals surface area contributed by atoms with Crippen molar-refractivity contribution in [2.45, 2.75) is 25.8 Å². The normalized spacial score (nSPS) is 14.3. The molecule has 7 heteroatoms. The van der Waals surface area contributed by atoms with E-state index in [2.05, 4.69) is 34.2 Å². The molecule has 1 saturated heterocycles. The van der Waals surface area contributed by atoms with E-state index in [1.165, 1.54) is 10.1 Å². The van der Waals surface area contributed by atoms with Crippen molar-refractivity contribution < 1.29 is 9.53 Å². The third kappa shape index (κ3) is 4.80. The molecule has 0 spiro atoms. The largest absolute Gasteiger partial charge is 0.496 e. The minimum absolute atomic E-state index is 0.0538. The third-order valence-corrected chi connectivity index (χ3v) is 6.69. The average molecular weight is 469 g/mol. The molecule has 0 N–H and O–H groups in total. The first-order chi connectivity index (χ1) is 17.1. The zero-order valence-electron chi connectivity index (χ0n) is 19.8. The molecule has 35 heavy (non-hydrogen) atoms. The Labute approximate surface area is 204 Å². The standard InChI is InChI=1S/C28H28N4O3/c1-35-24-12-6-5-10-22(24)19-32-26-23(11-7-15-29-26)30-25(28(32)34)27(33)31-16-13-21(14-17-31)18-20-8-3-2-4-9-20/h2-12,15,21H,13-14,16-19H2,1H3. The summed E-state index contributed by atoms with van der Waals surface area (Å²) in [4.78, 5) is 37.6. The molecule has 0 atom stereocenters. The molecule has 0 bridgehead atoms. The van der Waals surface area contributed by atoms with Crippen molar-refractivity contribution in [3.63, 3.8) is 0 Å². The van der Waals surface area contributed by atoms with Crippen molar-refractivity contribution in [2.75, 3.05) is 20.2 Å². The highest BCUT2D eigenvalue weighted by molar-refractivity contribution is 5.93. The average Bonchev–Trinajstić information content (AvgIpc) is 2.91. The smallest absolute Gasteiger partial charge is 0.284 e. The Morgan fingerprint density at radius 1 is 1.00 bits per heavy atom. The van der Waals surface area contributed by atoms with Crippen LogP contribution in [0.2, 0.25) is 0 Å². The Balaban J connectivity index is 1.41. The van der Waals surface area contributed by atoms with E-state index in [9.17, 15) is 9.59 Å². The van der Waals surface area contributed by atoms with E-state index in [1.54, 1.807) is 30.3 Å². The number of pyridine rings is 1. The number of fused-ring (bicyclic) bond motifs is 1. The minimum Gasteiger partial charge on any atom is -0.496 e. The molecular weight excluding hydrogens is 440 g/mol. The first kappa shape index (κ1) is 22.8. The zero-order chi connectivity index (χ0) is 24.2. The Morgan fingerprint density at radius 2 is 1.74 bits per heavy atom. The van der Waals surface area contributed by atoms with Gasteiger partial charge in [0.1, 0.15) is 11.3 Å². The number of nitrogens with zero attached hydrogens (tertiary/aromatic N) is 4. The second-order valence-electron chi connectivity index (χ2n) is 8.93. The summed E-state index contributed by atoms with van der Waals surface area (Å²) in [6, 6.07) is 21.5. The Hall–Kier alpha value is -4.00. The third-order valence-electron chi connectivity index (χ3n) is 6.69. The van der Waals surface area contributed by atoms with Gasteiger partial charge in [-0.1, -0.05) is 48.5 Å². The fourth-order valence-electron chi connectivity index (χ4n) is 4.80. The van der Waals surface area contributed by atoms with E-state index in [4.69, 9.17) is 4.74 Å². The lowest BCUT2D eigenvalue weighted by Gasteiger charge is -2.32. The van der Waals surface area contributed by atoms with Gasteiger partial charge in [0.25, 0.3) is 11.5 Å². The summed E-state index contributed by atoms with van der Waals surface area (Å²) >= 11 is 0. The topological polar surface area (TPSA) is 77.3 Å². The van der Waals surface area contributed by atoms with Crippen molar-refractivity contribution >= 4 is 17.1 Å². The van der Waals surface area contributed by atoms with Crippen LogP contribution >= 0.6 is 0 Å². The van der Waals surface area contributed by atoms with Crippen molar-refractivity contribution in [3.05, 3.63) is 100 Å². The maximum Gasteiger partial charge on any atom is 0.284 e. The number of carbonyl (C=O) groups excluding carboxylic acids is 1. The quantitative estimate of drug-likeness (QED) is 0.428. The number of amides is 1. The molecule has 5 rings (SSSR count). The summed E-state index contributed by atoms with van der Waals surface area (Å²) in [5.74, 6) is 0.888. The van der Waals surface area contributed by atoms with E-state index in [1.807, 2.05) is 30.3 Å². The minimum atomic E-state index is -0.432. The van der Waals surface area contributed by atoms with E-state index in [0.29, 0.717) is 35.9 Å². The van der Waals surface area contributed by atoms with E-state index in [0.717, 1.165) is 24.8 Å². The molecule has 0 saturated carbocycles. The van der Waals surface area contributed by atoms with Crippen LogP contribution in [-0.2, 0) is 13.0 Å². The van der Waals surface area contributed by atoms with Gasteiger partial charge in [0.15, 0.2) is 11.3 Å². The summed E-state index contributed by atoms with van der Waals surface area (Å²) < 4.78 is 6.99. The number of para-hydroxylation sites is 1. The Morgan fingerprint density at radius 3 is 2.51 bits per heavy atom. The molecule has 1 aliphatic heterocycles.